The van der Waals surface area contributed by atoms with Crippen LogP contribution < -0.4 is 15.4 Å². The van der Waals surface area contributed by atoms with Crippen LogP contribution in [0.3, 0.4) is 0 Å². The molecule has 4 amide bonds. The fraction of sp³-hybridized carbons (Fsp3) is 0.318. The van der Waals surface area contributed by atoms with E-state index >= 15 is 0 Å². The zero-order valence-corrected chi connectivity index (χ0v) is 31.1. The number of benzene rings is 4. The average Bonchev–Trinajstić information content (AvgIpc) is 3.52. The summed E-state index contributed by atoms with van der Waals surface area (Å²) < 4.78 is 6.16. The van der Waals surface area contributed by atoms with Gasteiger partial charge in [-0.2, -0.15) is 0 Å². The molecule has 284 valence electrons. The Labute approximate surface area is 321 Å². The van der Waals surface area contributed by atoms with Crippen LogP contribution in [0.25, 0.3) is 11.1 Å². The predicted octanol–water partition coefficient (Wildman–Crippen LogP) is 4.84. The Kier molecular flexibility index (Phi) is 11.7. The quantitative estimate of drug-likeness (QED) is 0.131. The van der Waals surface area contributed by atoms with Crippen LogP contribution in [0.15, 0.2) is 97.1 Å². The van der Waals surface area contributed by atoms with Gasteiger partial charge in [0.1, 0.15) is 24.1 Å². The molecule has 0 radical (unpaired) electrons. The fourth-order valence-corrected chi connectivity index (χ4v) is 7.69. The molecule has 11 heteroatoms. The van der Waals surface area contributed by atoms with Gasteiger partial charge in [-0.15, -0.1) is 0 Å². The van der Waals surface area contributed by atoms with Crippen LogP contribution in [-0.4, -0.2) is 95.4 Å². The molecule has 0 aliphatic carbocycles. The van der Waals surface area contributed by atoms with Crippen molar-refractivity contribution in [1.82, 2.24) is 25.3 Å². The number of nitrogens with one attached hydrogen (secondary N) is 2. The van der Waals surface area contributed by atoms with Crippen molar-refractivity contribution < 1.29 is 29.0 Å². The van der Waals surface area contributed by atoms with Gasteiger partial charge in [-0.25, -0.2) is 0 Å². The molecule has 3 N–H and O–H groups in total. The highest BCUT2D eigenvalue weighted by atomic mass is 16.5. The van der Waals surface area contributed by atoms with Gasteiger partial charge >= 0.3 is 0 Å². The number of hydrogen-bond acceptors (Lipinski definition) is 8. The summed E-state index contributed by atoms with van der Waals surface area (Å²) in [5, 5.41) is 15.3. The Morgan fingerprint density at radius 1 is 0.855 bits per heavy atom. The summed E-state index contributed by atoms with van der Waals surface area (Å²) in [5.41, 5.74) is 7.93. The van der Waals surface area contributed by atoms with Crippen molar-refractivity contribution in [3.05, 3.63) is 130 Å². The van der Waals surface area contributed by atoms with Gasteiger partial charge in [-0.3, -0.25) is 34.3 Å². The summed E-state index contributed by atoms with van der Waals surface area (Å²) in [6, 6.07) is 30.9. The number of ether oxygens (including phenoxy) is 1. The number of allylic oxidation sites excluding steroid dienone is 1. The third-order valence-corrected chi connectivity index (χ3v) is 10.7. The molecule has 2 saturated heterocycles. The van der Waals surface area contributed by atoms with Crippen LogP contribution in [0.2, 0.25) is 0 Å². The predicted molar refractivity (Wildman–Crippen MR) is 210 cm³/mol. The number of imide groups is 1. The van der Waals surface area contributed by atoms with Gasteiger partial charge < -0.3 is 20.1 Å². The van der Waals surface area contributed by atoms with Crippen molar-refractivity contribution in [2.24, 2.45) is 0 Å². The van der Waals surface area contributed by atoms with E-state index in [2.05, 4.69) is 63.8 Å². The van der Waals surface area contributed by atoms with E-state index in [4.69, 9.17) is 4.74 Å². The van der Waals surface area contributed by atoms with E-state index < -0.39 is 11.9 Å². The zero-order chi connectivity index (χ0) is 38.3. The molecule has 0 saturated carbocycles. The second-order valence-electron chi connectivity index (χ2n) is 14.3. The van der Waals surface area contributed by atoms with Crippen molar-refractivity contribution in [3.63, 3.8) is 0 Å². The number of aromatic hydroxyl groups is 1. The minimum atomic E-state index is -0.651. The second kappa shape index (κ2) is 17.1. The highest BCUT2D eigenvalue weighted by Gasteiger charge is 2.39. The highest BCUT2D eigenvalue weighted by molar-refractivity contribution is 6.05. The Morgan fingerprint density at radius 2 is 1.55 bits per heavy atom. The molecule has 0 aromatic heterocycles. The van der Waals surface area contributed by atoms with E-state index in [1.54, 1.807) is 18.2 Å². The number of phenols is 1. The summed E-state index contributed by atoms with van der Waals surface area (Å²) >= 11 is 0. The molecule has 3 aliphatic heterocycles. The highest BCUT2D eigenvalue weighted by Crippen LogP contribution is 2.35. The normalized spacial score (nSPS) is 18.1. The Morgan fingerprint density at radius 3 is 2.24 bits per heavy atom. The molecule has 3 heterocycles. The summed E-state index contributed by atoms with van der Waals surface area (Å²) in [6.45, 7) is 7.74. The first-order valence-electron chi connectivity index (χ1n) is 19.0. The third kappa shape index (κ3) is 8.96. The SMILES string of the molecule is CCC(=C(c1ccc(O)cc1)c1ccc(OCCN2CCN(CC(=O)NCc3ccc4c(c3)CN(C3CCC(=O)NC3=O)C4=O)CC2)cc1)c1ccccc1. The van der Waals surface area contributed by atoms with E-state index in [0.717, 1.165) is 72.7 Å². The van der Waals surface area contributed by atoms with E-state index in [1.165, 1.54) is 16.0 Å². The molecule has 1 atom stereocenters. The lowest BCUT2D eigenvalue weighted by molar-refractivity contribution is -0.137. The van der Waals surface area contributed by atoms with Gasteiger partial charge in [0.25, 0.3) is 5.91 Å². The second-order valence-corrected chi connectivity index (χ2v) is 14.3. The first-order valence-corrected chi connectivity index (χ1v) is 19.0. The lowest BCUT2D eigenvalue weighted by atomic mass is 9.88. The Bertz CT molecular complexity index is 2060. The van der Waals surface area contributed by atoms with Crippen molar-refractivity contribution in [2.75, 3.05) is 45.9 Å². The maximum Gasteiger partial charge on any atom is 0.255 e. The Hall–Kier alpha value is -5.78. The van der Waals surface area contributed by atoms with Crippen LogP contribution in [-0.2, 0) is 27.5 Å². The molecule has 4 aromatic carbocycles. The molecule has 55 heavy (non-hydrogen) atoms. The molecular weight excluding hydrogens is 695 g/mol. The number of carbonyl (C=O) groups excluding carboxylic acids is 4. The standard InChI is InChI=1S/C44H47N5O6/c1-2-37(31-6-4-3-5-7-31)42(32-9-13-35(50)14-10-32)33-11-15-36(16-12-33)55-25-24-47-20-22-48(23-21-47)29-41(52)45-27-30-8-17-38-34(26-30)28-49(44(38)54)39-18-19-40(51)46-43(39)53/h3-17,26,39,50H,2,18-25,27-29H2,1H3,(H,45,52)(H,46,51,53). The van der Waals surface area contributed by atoms with Crippen LogP contribution >= 0.6 is 0 Å². The number of amides is 4. The van der Waals surface area contributed by atoms with Gasteiger partial charge in [0.05, 0.1) is 6.54 Å². The monoisotopic (exact) mass is 741 g/mol. The minimum absolute atomic E-state index is 0.0554. The van der Waals surface area contributed by atoms with Crippen LogP contribution in [0.1, 0.15) is 64.4 Å². The number of rotatable bonds is 13. The first-order chi connectivity index (χ1) is 26.7. The number of phenolic OH excluding ortho intramolecular Hbond substituents is 1. The number of fused-ring (bicyclic) bond motifs is 1. The van der Waals surface area contributed by atoms with Crippen molar-refractivity contribution in [2.45, 2.75) is 45.3 Å². The minimum Gasteiger partial charge on any atom is -0.508 e. The molecule has 11 nitrogen and oxygen atoms in total. The van der Waals surface area contributed by atoms with Crippen molar-refractivity contribution in [1.29, 1.82) is 0 Å². The van der Waals surface area contributed by atoms with Crippen LogP contribution in [0.5, 0.6) is 11.5 Å². The van der Waals surface area contributed by atoms with Gasteiger partial charge in [-0.1, -0.05) is 73.7 Å². The zero-order valence-electron chi connectivity index (χ0n) is 31.1. The summed E-state index contributed by atoms with van der Waals surface area (Å²) in [5.74, 6) is 0.0441. The van der Waals surface area contributed by atoms with Crippen LogP contribution in [0.4, 0.5) is 0 Å². The third-order valence-electron chi connectivity index (χ3n) is 10.7. The molecule has 1 unspecified atom stereocenters. The summed E-state index contributed by atoms with van der Waals surface area (Å²) in [6.07, 6.45) is 1.39. The molecule has 3 aliphatic rings. The maximum absolute atomic E-state index is 13.0. The van der Waals surface area contributed by atoms with E-state index in [1.807, 2.05) is 42.5 Å². The smallest absolute Gasteiger partial charge is 0.255 e. The summed E-state index contributed by atoms with van der Waals surface area (Å²) in [7, 11) is 0. The van der Waals surface area contributed by atoms with Crippen molar-refractivity contribution >= 4 is 34.8 Å². The lowest BCUT2D eigenvalue weighted by Gasteiger charge is -2.34. The van der Waals surface area contributed by atoms with Gasteiger partial charge in [0.15, 0.2) is 0 Å². The maximum atomic E-state index is 13.0. The van der Waals surface area contributed by atoms with Crippen LogP contribution in [0, 0.1) is 0 Å². The first kappa shape index (κ1) is 37.5. The number of hydrogen-bond donors (Lipinski definition) is 3. The number of piperazine rings is 1. The number of piperidine rings is 1. The van der Waals surface area contributed by atoms with Gasteiger partial charge in [-0.05, 0) is 82.1 Å². The topological polar surface area (TPSA) is 132 Å². The largest absolute Gasteiger partial charge is 0.508 e. The molecular formula is C44H47N5O6. The van der Waals surface area contributed by atoms with Gasteiger partial charge in [0, 0.05) is 57.8 Å². The number of carbonyl (C=O) groups is 4. The van der Waals surface area contributed by atoms with E-state index in [9.17, 15) is 24.3 Å². The van der Waals surface area contributed by atoms with Crippen molar-refractivity contribution in [3.8, 4) is 11.5 Å². The lowest BCUT2D eigenvalue weighted by Crippen LogP contribution is -2.52. The average molecular weight is 742 g/mol. The Balaban J connectivity index is 0.852. The number of nitrogens with zero attached hydrogens (tertiary/aromatic N) is 3. The molecule has 0 spiro atoms. The summed E-state index contributed by atoms with van der Waals surface area (Å²) in [4.78, 5) is 55.8. The molecule has 7 rings (SSSR count). The molecule has 4 aromatic rings. The van der Waals surface area contributed by atoms with Gasteiger partial charge in [0.2, 0.25) is 17.7 Å². The molecule has 2 fully saturated rings. The fourth-order valence-electron chi connectivity index (χ4n) is 7.69. The molecule has 0 bridgehead atoms. The van der Waals surface area contributed by atoms with E-state index in [-0.39, 0.29) is 29.9 Å². The van der Waals surface area contributed by atoms with E-state index in [0.29, 0.717) is 38.2 Å².